The minimum absolute atomic E-state index is 0.497. The molecule has 2 aromatic heterocycles. The highest BCUT2D eigenvalue weighted by Crippen LogP contribution is 2.18. The molecule has 3 rings (SSSR count). The number of hydrogen-bond acceptors (Lipinski definition) is 5. The van der Waals surface area contributed by atoms with E-state index < -0.39 is 0 Å². The van der Waals surface area contributed by atoms with Gasteiger partial charge in [0.15, 0.2) is 5.96 Å². The molecule has 2 N–H and O–H groups in total. The molecule has 0 aliphatic carbocycles. The second-order valence-electron chi connectivity index (χ2n) is 6.20. The normalized spacial score (nSPS) is 11.5. The zero-order valence-corrected chi connectivity index (χ0v) is 17.5. The summed E-state index contributed by atoms with van der Waals surface area (Å²) in [4.78, 5) is 13.1. The van der Waals surface area contributed by atoms with Crippen LogP contribution in [-0.4, -0.2) is 40.7 Å². The van der Waals surface area contributed by atoms with Gasteiger partial charge >= 0.3 is 0 Å². The standard InChI is InChI=1S/C20H22Cl2N6O/c1-2-23-20(24-11-9-14-3-8-17(22)26-13-14)25-12-10-18-27-19(28-29-18)15-4-6-16(21)7-5-15/h3-8,13H,2,9-12H2,1H3,(H2,23,24,25). The van der Waals surface area contributed by atoms with E-state index >= 15 is 0 Å². The second-order valence-corrected chi connectivity index (χ2v) is 7.02. The number of halogens is 2. The van der Waals surface area contributed by atoms with Crippen molar-refractivity contribution in [1.82, 2.24) is 25.8 Å². The molecule has 0 atom stereocenters. The smallest absolute Gasteiger partial charge is 0.228 e. The van der Waals surface area contributed by atoms with E-state index in [9.17, 15) is 0 Å². The number of rotatable bonds is 8. The molecule has 9 heteroatoms. The molecule has 2 heterocycles. The molecule has 0 amide bonds. The van der Waals surface area contributed by atoms with Gasteiger partial charge in [0, 0.05) is 36.3 Å². The van der Waals surface area contributed by atoms with Crippen LogP contribution < -0.4 is 10.6 Å². The fourth-order valence-corrected chi connectivity index (χ4v) is 2.80. The molecule has 0 fully saturated rings. The van der Waals surface area contributed by atoms with Crippen molar-refractivity contribution < 1.29 is 4.52 Å². The van der Waals surface area contributed by atoms with Gasteiger partial charge in [-0.3, -0.25) is 4.99 Å². The van der Waals surface area contributed by atoms with E-state index in [1.54, 1.807) is 24.4 Å². The molecule has 1 aromatic carbocycles. The molecule has 0 bridgehead atoms. The molecule has 0 saturated carbocycles. The van der Waals surface area contributed by atoms with Crippen LogP contribution in [0.25, 0.3) is 11.4 Å². The zero-order chi connectivity index (χ0) is 20.5. The number of benzene rings is 1. The van der Waals surface area contributed by atoms with Gasteiger partial charge in [-0.2, -0.15) is 4.98 Å². The van der Waals surface area contributed by atoms with Crippen LogP contribution in [0.5, 0.6) is 0 Å². The van der Waals surface area contributed by atoms with Crippen molar-refractivity contribution in [2.24, 2.45) is 4.99 Å². The van der Waals surface area contributed by atoms with Gasteiger partial charge in [-0.15, -0.1) is 0 Å². The van der Waals surface area contributed by atoms with E-state index in [1.165, 1.54) is 0 Å². The molecule has 0 aliphatic heterocycles. The van der Waals surface area contributed by atoms with Crippen LogP contribution in [0.15, 0.2) is 52.1 Å². The molecule has 0 unspecified atom stereocenters. The first-order valence-electron chi connectivity index (χ1n) is 9.35. The van der Waals surface area contributed by atoms with Crippen LogP contribution >= 0.6 is 23.2 Å². The lowest BCUT2D eigenvalue weighted by Crippen LogP contribution is -2.38. The number of aliphatic imine (C=N–C) groups is 1. The average Bonchev–Trinajstić information content (AvgIpc) is 3.19. The van der Waals surface area contributed by atoms with E-state index in [-0.39, 0.29) is 0 Å². The first kappa shape index (κ1) is 21.1. The van der Waals surface area contributed by atoms with Gasteiger partial charge < -0.3 is 15.2 Å². The molecule has 0 radical (unpaired) electrons. The van der Waals surface area contributed by atoms with Gasteiger partial charge in [0.1, 0.15) is 5.15 Å². The predicted molar refractivity (Wildman–Crippen MR) is 115 cm³/mol. The summed E-state index contributed by atoms with van der Waals surface area (Å²) in [7, 11) is 0. The predicted octanol–water partition coefficient (Wildman–Crippen LogP) is 3.78. The van der Waals surface area contributed by atoms with Gasteiger partial charge in [0.2, 0.25) is 11.7 Å². The summed E-state index contributed by atoms with van der Waals surface area (Å²) in [6.45, 7) is 4.06. The lowest BCUT2D eigenvalue weighted by molar-refractivity contribution is 0.380. The summed E-state index contributed by atoms with van der Waals surface area (Å²) in [5.74, 6) is 1.83. The van der Waals surface area contributed by atoms with Crippen LogP contribution in [0.4, 0.5) is 0 Å². The maximum atomic E-state index is 5.91. The Bertz CT molecular complexity index is 925. The first-order chi connectivity index (χ1) is 14.1. The van der Waals surface area contributed by atoms with E-state index in [0.29, 0.717) is 34.9 Å². The fourth-order valence-electron chi connectivity index (χ4n) is 2.56. The number of guanidine groups is 1. The third-order valence-electron chi connectivity index (χ3n) is 4.01. The number of nitrogens with zero attached hydrogens (tertiary/aromatic N) is 4. The number of aromatic nitrogens is 3. The third-order valence-corrected chi connectivity index (χ3v) is 4.48. The molecule has 29 heavy (non-hydrogen) atoms. The molecule has 0 spiro atoms. The number of nitrogens with one attached hydrogen (secondary N) is 2. The Morgan fingerprint density at radius 1 is 1.07 bits per heavy atom. The van der Waals surface area contributed by atoms with E-state index in [4.69, 9.17) is 27.7 Å². The van der Waals surface area contributed by atoms with Gasteiger partial charge in [-0.05, 0) is 49.2 Å². The highest BCUT2D eigenvalue weighted by molar-refractivity contribution is 6.30. The summed E-state index contributed by atoms with van der Waals surface area (Å²) < 4.78 is 5.32. The van der Waals surface area contributed by atoms with Crippen LogP contribution in [0.1, 0.15) is 18.4 Å². The molecule has 152 valence electrons. The summed E-state index contributed by atoms with van der Waals surface area (Å²) in [6, 6.07) is 11.1. The molecule has 7 nitrogen and oxygen atoms in total. The largest absolute Gasteiger partial charge is 0.357 e. The zero-order valence-electron chi connectivity index (χ0n) is 16.0. The monoisotopic (exact) mass is 432 g/mol. The quantitative estimate of drug-likeness (QED) is 0.319. The maximum absolute atomic E-state index is 5.91. The van der Waals surface area contributed by atoms with E-state index in [1.807, 2.05) is 25.1 Å². The molecular formula is C20H22Cl2N6O. The Hall–Kier alpha value is -2.64. The Morgan fingerprint density at radius 2 is 1.90 bits per heavy atom. The van der Waals surface area contributed by atoms with Crippen LogP contribution in [0.2, 0.25) is 10.2 Å². The van der Waals surface area contributed by atoms with Crippen molar-refractivity contribution >= 4 is 29.2 Å². The molecule has 3 aromatic rings. The van der Waals surface area contributed by atoms with Gasteiger partial charge in [-0.25, -0.2) is 4.98 Å². The highest BCUT2D eigenvalue weighted by Gasteiger charge is 2.08. The summed E-state index contributed by atoms with van der Waals surface area (Å²) in [5, 5.41) is 11.7. The van der Waals surface area contributed by atoms with Gasteiger partial charge in [0.05, 0.1) is 6.54 Å². The average molecular weight is 433 g/mol. The maximum Gasteiger partial charge on any atom is 0.228 e. The van der Waals surface area contributed by atoms with Crippen LogP contribution in [0.3, 0.4) is 0 Å². The Morgan fingerprint density at radius 3 is 2.62 bits per heavy atom. The minimum atomic E-state index is 0.497. The highest BCUT2D eigenvalue weighted by atomic mass is 35.5. The molecule has 0 aliphatic rings. The lowest BCUT2D eigenvalue weighted by atomic mass is 10.2. The Balaban J connectivity index is 1.49. The van der Waals surface area contributed by atoms with Crippen molar-refractivity contribution in [2.75, 3.05) is 19.6 Å². The summed E-state index contributed by atoms with van der Waals surface area (Å²) >= 11 is 11.7. The Kier molecular flexibility index (Phi) is 7.84. The summed E-state index contributed by atoms with van der Waals surface area (Å²) in [6.07, 6.45) is 3.16. The van der Waals surface area contributed by atoms with Crippen molar-refractivity contribution in [1.29, 1.82) is 0 Å². The molecule has 0 saturated heterocycles. The van der Waals surface area contributed by atoms with Crippen molar-refractivity contribution in [3.8, 4) is 11.4 Å². The van der Waals surface area contributed by atoms with Crippen molar-refractivity contribution in [3.05, 3.63) is 64.2 Å². The lowest BCUT2D eigenvalue weighted by Gasteiger charge is -2.11. The number of hydrogen-bond donors (Lipinski definition) is 2. The van der Waals surface area contributed by atoms with Gasteiger partial charge in [-0.1, -0.05) is 34.4 Å². The van der Waals surface area contributed by atoms with Crippen molar-refractivity contribution in [2.45, 2.75) is 19.8 Å². The SMILES string of the molecule is CCNC(=NCCc1nc(-c2ccc(Cl)cc2)no1)NCCc1ccc(Cl)nc1. The second kappa shape index (κ2) is 10.8. The topological polar surface area (TPSA) is 88.2 Å². The Labute approximate surface area is 179 Å². The number of pyridine rings is 1. The van der Waals surface area contributed by atoms with E-state index in [0.717, 1.165) is 36.6 Å². The minimum Gasteiger partial charge on any atom is -0.357 e. The van der Waals surface area contributed by atoms with Crippen LogP contribution in [-0.2, 0) is 12.8 Å². The van der Waals surface area contributed by atoms with Crippen molar-refractivity contribution in [3.63, 3.8) is 0 Å². The van der Waals surface area contributed by atoms with E-state index in [2.05, 4.69) is 30.8 Å². The van der Waals surface area contributed by atoms with Crippen LogP contribution in [0, 0.1) is 0 Å². The fraction of sp³-hybridized carbons (Fsp3) is 0.300. The third kappa shape index (κ3) is 6.73. The summed E-state index contributed by atoms with van der Waals surface area (Å²) in [5.41, 5.74) is 1.97. The first-order valence-corrected chi connectivity index (χ1v) is 10.1. The molecular weight excluding hydrogens is 411 g/mol. The van der Waals surface area contributed by atoms with Gasteiger partial charge in [0.25, 0.3) is 0 Å².